The predicted molar refractivity (Wildman–Crippen MR) is 73.1 cm³/mol. The normalized spacial score (nSPS) is 9.78. The van der Waals surface area contributed by atoms with Gasteiger partial charge in [-0.25, -0.2) is 0 Å². The molecule has 0 heterocycles. The molecule has 18 heavy (non-hydrogen) atoms. The van der Waals surface area contributed by atoms with Crippen molar-refractivity contribution in [1.29, 1.82) is 0 Å². The van der Waals surface area contributed by atoms with Gasteiger partial charge in [0.25, 0.3) is 0 Å². The zero-order valence-electron chi connectivity index (χ0n) is 11.3. The van der Waals surface area contributed by atoms with E-state index in [1.807, 2.05) is 12.1 Å². The smallest absolute Gasteiger partial charge is 0.317 e. The Hall–Kier alpha value is -1.75. The van der Waals surface area contributed by atoms with Gasteiger partial charge in [0, 0.05) is 5.56 Å². The Morgan fingerprint density at radius 1 is 1.28 bits per heavy atom. The third-order valence-corrected chi connectivity index (χ3v) is 2.37. The molecule has 0 saturated carbocycles. The van der Waals surface area contributed by atoms with Crippen LogP contribution in [0, 0.1) is 17.8 Å². The van der Waals surface area contributed by atoms with E-state index < -0.39 is 0 Å². The molecule has 0 unspecified atom stereocenters. The van der Waals surface area contributed by atoms with Crippen molar-refractivity contribution in [3.05, 3.63) is 35.4 Å². The summed E-state index contributed by atoms with van der Waals surface area (Å²) in [6.45, 7) is 6.60. The summed E-state index contributed by atoms with van der Waals surface area (Å²) < 4.78 is 4.80. The average molecular weight is 244 g/mol. The molecule has 0 radical (unpaired) electrons. The van der Waals surface area contributed by atoms with E-state index >= 15 is 0 Å². The van der Waals surface area contributed by atoms with Crippen LogP contribution < -0.4 is 0 Å². The van der Waals surface area contributed by atoms with Crippen molar-refractivity contribution in [3.8, 4) is 11.8 Å². The van der Waals surface area contributed by atoms with Crippen molar-refractivity contribution in [2.24, 2.45) is 5.92 Å². The summed E-state index contributed by atoms with van der Waals surface area (Å²) in [6.07, 6.45) is 1.23. The highest BCUT2D eigenvalue weighted by Crippen LogP contribution is 2.09. The van der Waals surface area contributed by atoms with Gasteiger partial charge in [-0.1, -0.05) is 37.8 Å². The van der Waals surface area contributed by atoms with Crippen molar-refractivity contribution in [3.63, 3.8) is 0 Å². The molecule has 0 bridgehead atoms. The highest BCUT2D eigenvalue weighted by Gasteiger charge is 1.98. The number of rotatable bonds is 4. The average Bonchev–Trinajstić information content (AvgIpc) is 2.31. The second kappa shape index (κ2) is 7.55. The van der Waals surface area contributed by atoms with E-state index in [-0.39, 0.29) is 12.4 Å². The standard InChI is InChI=1S/C16H20O2/c1-4-18-16(17)7-5-6-14-8-10-15(11-9-14)12-13(2)3/h8-11,13H,4,7,12H2,1-3H3. The first-order valence-corrected chi connectivity index (χ1v) is 6.35. The Bertz CT molecular complexity index is 432. The first kappa shape index (κ1) is 14.3. The molecule has 1 rings (SSSR count). The van der Waals surface area contributed by atoms with Gasteiger partial charge in [-0.15, -0.1) is 0 Å². The molecule has 0 aliphatic carbocycles. The van der Waals surface area contributed by atoms with Crippen molar-refractivity contribution in [2.45, 2.75) is 33.6 Å². The van der Waals surface area contributed by atoms with E-state index in [1.54, 1.807) is 6.92 Å². The lowest BCUT2D eigenvalue weighted by Crippen LogP contribution is -2.01. The van der Waals surface area contributed by atoms with Gasteiger partial charge in [-0.3, -0.25) is 4.79 Å². The summed E-state index contributed by atoms with van der Waals surface area (Å²) in [5.41, 5.74) is 2.26. The molecule has 1 aromatic rings. The fourth-order valence-electron chi connectivity index (χ4n) is 1.63. The third kappa shape index (κ3) is 5.54. The van der Waals surface area contributed by atoms with E-state index in [0.717, 1.165) is 12.0 Å². The lowest BCUT2D eigenvalue weighted by molar-refractivity contribution is -0.141. The van der Waals surface area contributed by atoms with Gasteiger partial charge in [0.15, 0.2) is 0 Å². The first-order valence-electron chi connectivity index (χ1n) is 6.35. The maximum Gasteiger partial charge on any atom is 0.317 e. The molecule has 0 N–H and O–H groups in total. The van der Waals surface area contributed by atoms with Crippen molar-refractivity contribution in [2.75, 3.05) is 6.61 Å². The molecular formula is C16H20O2. The fraction of sp³-hybridized carbons (Fsp3) is 0.438. The fourth-order valence-corrected chi connectivity index (χ4v) is 1.63. The molecule has 0 amide bonds. The highest BCUT2D eigenvalue weighted by molar-refractivity contribution is 5.72. The van der Waals surface area contributed by atoms with Crippen LogP contribution in [0.2, 0.25) is 0 Å². The van der Waals surface area contributed by atoms with Crippen LogP contribution in [0.4, 0.5) is 0 Å². The summed E-state index contributed by atoms with van der Waals surface area (Å²) in [5.74, 6) is 6.18. The van der Waals surface area contributed by atoms with Crippen LogP contribution in [0.1, 0.15) is 38.3 Å². The van der Waals surface area contributed by atoms with Crippen LogP contribution in [-0.2, 0) is 16.0 Å². The molecule has 2 nitrogen and oxygen atoms in total. The Morgan fingerprint density at radius 3 is 2.50 bits per heavy atom. The highest BCUT2D eigenvalue weighted by atomic mass is 16.5. The zero-order chi connectivity index (χ0) is 13.4. The summed E-state index contributed by atoms with van der Waals surface area (Å²) in [5, 5.41) is 0. The zero-order valence-corrected chi connectivity index (χ0v) is 11.3. The summed E-state index contributed by atoms with van der Waals surface area (Å²) in [4.78, 5) is 11.1. The Kier molecular flexibility index (Phi) is 6.00. The number of benzene rings is 1. The molecule has 0 aliphatic heterocycles. The second-order valence-electron chi connectivity index (χ2n) is 4.58. The molecule has 0 spiro atoms. The summed E-state index contributed by atoms with van der Waals surface area (Å²) in [7, 11) is 0. The van der Waals surface area contributed by atoms with Gasteiger partial charge in [0.05, 0.1) is 6.61 Å². The van der Waals surface area contributed by atoms with Crippen molar-refractivity contribution in [1.82, 2.24) is 0 Å². The van der Waals surface area contributed by atoms with Gasteiger partial charge in [-0.2, -0.15) is 0 Å². The number of hydrogen-bond acceptors (Lipinski definition) is 2. The van der Waals surface area contributed by atoms with E-state index in [1.165, 1.54) is 5.56 Å². The number of carbonyl (C=O) groups is 1. The minimum atomic E-state index is -0.263. The predicted octanol–water partition coefficient (Wildman–Crippen LogP) is 3.19. The van der Waals surface area contributed by atoms with Crippen molar-refractivity contribution < 1.29 is 9.53 Å². The lowest BCUT2D eigenvalue weighted by atomic mass is 10.0. The number of ether oxygens (including phenoxy) is 1. The van der Waals surface area contributed by atoms with Crippen LogP contribution in [0.15, 0.2) is 24.3 Å². The summed E-state index contributed by atoms with van der Waals surface area (Å²) >= 11 is 0. The molecule has 0 aliphatic rings. The van der Waals surface area contributed by atoms with E-state index in [9.17, 15) is 4.79 Å². The SMILES string of the molecule is CCOC(=O)CC#Cc1ccc(CC(C)C)cc1. The van der Waals surface area contributed by atoms with E-state index in [0.29, 0.717) is 12.5 Å². The van der Waals surface area contributed by atoms with Crippen LogP contribution in [0.3, 0.4) is 0 Å². The minimum Gasteiger partial charge on any atom is -0.465 e. The quantitative estimate of drug-likeness (QED) is 0.600. The Balaban J connectivity index is 2.53. The molecule has 2 heteroatoms. The number of hydrogen-bond donors (Lipinski definition) is 0. The Morgan fingerprint density at radius 2 is 1.94 bits per heavy atom. The van der Waals surface area contributed by atoms with Gasteiger partial charge in [0.2, 0.25) is 0 Å². The van der Waals surface area contributed by atoms with E-state index in [2.05, 4.69) is 37.8 Å². The van der Waals surface area contributed by atoms with Gasteiger partial charge in [0.1, 0.15) is 6.42 Å². The second-order valence-corrected chi connectivity index (χ2v) is 4.58. The first-order chi connectivity index (χ1) is 8.61. The van der Waals surface area contributed by atoms with Crippen LogP contribution >= 0.6 is 0 Å². The third-order valence-electron chi connectivity index (χ3n) is 2.37. The number of esters is 1. The van der Waals surface area contributed by atoms with Gasteiger partial charge >= 0.3 is 5.97 Å². The molecular weight excluding hydrogens is 224 g/mol. The largest absolute Gasteiger partial charge is 0.465 e. The molecule has 0 atom stereocenters. The van der Waals surface area contributed by atoms with Crippen molar-refractivity contribution >= 4 is 5.97 Å². The van der Waals surface area contributed by atoms with Crippen LogP contribution in [0.5, 0.6) is 0 Å². The molecule has 96 valence electrons. The molecule has 0 aromatic heterocycles. The maximum atomic E-state index is 11.1. The minimum absolute atomic E-state index is 0.154. The monoisotopic (exact) mass is 244 g/mol. The van der Waals surface area contributed by atoms with Crippen LogP contribution in [0.25, 0.3) is 0 Å². The maximum absolute atomic E-state index is 11.1. The van der Waals surface area contributed by atoms with Gasteiger partial charge < -0.3 is 4.74 Å². The number of carbonyl (C=O) groups excluding carboxylic acids is 1. The molecule has 0 fully saturated rings. The molecule has 0 saturated heterocycles. The van der Waals surface area contributed by atoms with Crippen LogP contribution in [-0.4, -0.2) is 12.6 Å². The topological polar surface area (TPSA) is 26.3 Å². The van der Waals surface area contributed by atoms with E-state index in [4.69, 9.17) is 4.74 Å². The lowest BCUT2D eigenvalue weighted by Gasteiger charge is -2.04. The Labute approximate surface area is 109 Å². The molecule has 1 aromatic carbocycles. The van der Waals surface area contributed by atoms with Gasteiger partial charge in [-0.05, 0) is 37.0 Å². The summed E-state index contributed by atoms with van der Waals surface area (Å²) in [6, 6.07) is 8.18.